The molecule has 3 aromatic heterocycles. The Kier molecular flexibility index (Phi) is 5.74. The summed E-state index contributed by atoms with van der Waals surface area (Å²) in [4.78, 5) is 21.6. The largest absolute Gasteiger partial charge is 0.493 e. The number of hydrogen-bond donors (Lipinski definition) is 3. The minimum atomic E-state index is -0.239. The molecular formula is C22H21N7O3. The quantitative estimate of drug-likeness (QED) is 0.407. The van der Waals surface area contributed by atoms with Gasteiger partial charge in [-0.05, 0) is 29.8 Å². The van der Waals surface area contributed by atoms with Crippen molar-refractivity contribution in [2.45, 2.75) is 6.61 Å². The number of ether oxygens (including phenoxy) is 2. The molecule has 0 atom stereocenters. The topological polar surface area (TPSA) is 130 Å². The average molecular weight is 431 g/mol. The summed E-state index contributed by atoms with van der Waals surface area (Å²) in [6.07, 6.45) is 1.68. The van der Waals surface area contributed by atoms with E-state index >= 15 is 0 Å². The Morgan fingerprint density at radius 3 is 2.75 bits per heavy atom. The Morgan fingerprint density at radius 1 is 1.16 bits per heavy atom. The van der Waals surface area contributed by atoms with E-state index in [2.05, 4.69) is 31.8 Å². The van der Waals surface area contributed by atoms with Gasteiger partial charge in [0.2, 0.25) is 0 Å². The zero-order valence-corrected chi connectivity index (χ0v) is 17.8. The predicted octanol–water partition coefficient (Wildman–Crippen LogP) is 3.17. The van der Waals surface area contributed by atoms with E-state index in [1.807, 2.05) is 12.1 Å². The number of nitrogens with one attached hydrogen (secondary N) is 3. The summed E-state index contributed by atoms with van der Waals surface area (Å²) < 4.78 is 11.9. The van der Waals surface area contributed by atoms with Crippen molar-refractivity contribution >= 4 is 34.0 Å². The number of aromatic amines is 1. The smallest absolute Gasteiger partial charge is 0.277 e. The van der Waals surface area contributed by atoms with Gasteiger partial charge < -0.3 is 20.1 Å². The summed E-state index contributed by atoms with van der Waals surface area (Å²) in [5.41, 5.74) is 2.54. The first-order valence-electron chi connectivity index (χ1n) is 9.68. The molecule has 0 bridgehead atoms. The van der Waals surface area contributed by atoms with Crippen molar-refractivity contribution in [1.29, 1.82) is 5.26 Å². The van der Waals surface area contributed by atoms with Gasteiger partial charge in [0.25, 0.3) is 5.56 Å². The van der Waals surface area contributed by atoms with Gasteiger partial charge in [0.05, 0.1) is 30.7 Å². The average Bonchev–Trinajstić information content (AvgIpc) is 3.07. The molecule has 0 fully saturated rings. The highest BCUT2D eigenvalue weighted by Crippen LogP contribution is 2.33. The standard InChI is InChI=1S/C22H21N7O3/c1-29-22(30)19-16(25-15-6-4-5-14(11-23)20(15)32-3)10-18(27-21(19)28-29)26-17-9-13(12-31-2)7-8-24-17/h4-10H,12H2,1-3H3,(H3,24,25,26,27,28). The number of hydrogen-bond acceptors (Lipinski definition) is 8. The molecule has 0 saturated heterocycles. The van der Waals surface area contributed by atoms with Crippen molar-refractivity contribution in [2.75, 3.05) is 24.9 Å². The summed E-state index contributed by atoms with van der Waals surface area (Å²) in [5, 5.41) is 19.1. The van der Waals surface area contributed by atoms with Crippen molar-refractivity contribution in [1.82, 2.24) is 19.7 Å². The Balaban J connectivity index is 1.80. The SMILES string of the molecule is COCc1ccnc(Nc2cc(Nc3cccc(C#N)c3OC)c3c(=O)n(C)[nH]c3n2)c1. The third-order valence-corrected chi connectivity index (χ3v) is 4.81. The van der Waals surface area contributed by atoms with Crippen molar-refractivity contribution in [3.63, 3.8) is 0 Å². The van der Waals surface area contributed by atoms with E-state index < -0.39 is 0 Å². The number of anilines is 4. The van der Waals surface area contributed by atoms with Crippen LogP contribution in [0.15, 0.2) is 47.4 Å². The molecule has 1 aromatic carbocycles. The molecule has 0 spiro atoms. The minimum absolute atomic E-state index is 0.239. The van der Waals surface area contributed by atoms with E-state index in [0.29, 0.717) is 52.0 Å². The number of rotatable bonds is 7. The van der Waals surface area contributed by atoms with Crippen LogP contribution in [0.3, 0.4) is 0 Å². The van der Waals surface area contributed by atoms with E-state index in [9.17, 15) is 10.1 Å². The number of benzene rings is 1. The fourth-order valence-electron chi connectivity index (χ4n) is 3.40. The van der Waals surface area contributed by atoms with Gasteiger partial charge in [0.1, 0.15) is 23.1 Å². The van der Waals surface area contributed by atoms with Gasteiger partial charge in [-0.25, -0.2) is 9.97 Å². The molecule has 4 aromatic rings. The van der Waals surface area contributed by atoms with Gasteiger partial charge >= 0.3 is 0 Å². The van der Waals surface area contributed by atoms with E-state index in [0.717, 1.165) is 5.56 Å². The van der Waals surface area contributed by atoms with Crippen LogP contribution in [0.5, 0.6) is 5.75 Å². The molecule has 10 heteroatoms. The summed E-state index contributed by atoms with van der Waals surface area (Å²) in [6.45, 7) is 0.456. The lowest BCUT2D eigenvalue weighted by Crippen LogP contribution is -2.12. The maximum atomic E-state index is 12.7. The van der Waals surface area contributed by atoms with Gasteiger partial charge in [0, 0.05) is 26.4 Å². The van der Waals surface area contributed by atoms with Crippen LogP contribution in [0.1, 0.15) is 11.1 Å². The first-order valence-corrected chi connectivity index (χ1v) is 9.68. The lowest BCUT2D eigenvalue weighted by molar-refractivity contribution is 0.185. The van der Waals surface area contributed by atoms with Crippen LogP contribution in [-0.4, -0.2) is 34.0 Å². The fraction of sp³-hybridized carbons (Fsp3) is 0.182. The van der Waals surface area contributed by atoms with E-state index in [4.69, 9.17) is 9.47 Å². The fourth-order valence-corrected chi connectivity index (χ4v) is 3.40. The molecule has 4 rings (SSSR count). The lowest BCUT2D eigenvalue weighted by atomic mass is 10.1. The Hall–Kier alpha value is -4.36. The summed E-state index contributed by atoms with van der Waals surface area (Å²) >= 11 is 0. The van der Waals surface area contributed by atoms with Gasteiger partial charge in [-0.1, -0.05) is 6.07 Å². The highest BCUT2D eigenvalue weighted by atomic mass is 16.5. The molecule has 0 unspecified atom stereocenters. The number of nitriles is 1. The number of nitrogens with zero attached hydrogens (tertiary/aromatic N) is 4. The molecule has 0 saturated carbocycles. The second-order valence-electron chi connectivity index (χ2n) is 6.99. The second-order valence-corrected chi connectivity index (χ2v) is 6.99. The second kappa shape index (κ2) is 8.79. The maximum Gasteiger partial charge on any atom is 0.277 e. The van der Waals surface area contributed by atoms with Crippen LogP contribution in [0.2, 0.25) is 0 Å². The van der Waals surface area contributed by atoms with Crippen LogP contribution in [0, 0.1) is 11.3 Å². The molecule has 3 N–H and O–H groups in total. The van der Waals surface area contributed by atoms with Gasteiger partial charge in [0.15, 0.2) is 11.4 Å². The van der Waals surface area contributed by atoms with E-state index in [1.165, 1.54) is 11.8 Å². The monoisotopic (exact) mass is 431 g/mol. The Morgan fingerprint density at radius 2 is 2.00 bits per heavy atom. The Labute approximate surface area is 183 Å². The van der Waals surface area contributed by atoms with E-state index in [-0.39, 0.29) is 5.56 Å². The van der Waals surface area contributed by atoms with Crippen molar-refractivity contribution < 1.29 is 9.47 Å². The molecular weight excluding hydrogens is 410 g/mol. The normalized spacial score (nSPS) is 10.7. The van der Waals surface area contributed by atoms with Crippen LogP contribution < -0.4 is 20.9 Å². The number of para-hydroxylation sites is 1. The number of fused-ring (bicyclic) bond motifs is 1. The number of pyridine rings is 2. The number of aryl methyl sites for hydroxylation is 1. The van der Waals surface area contributed by atoms with Crippen molar-refractivity contribution in [2.24, 2.45) is 7.05 Å². The van der Waals surface area contributed by atoms with Crippen LogP contribution >= 0.6 is 0 Å². The van der Waals surface area contributed by atoms with Crippen LogP contribution in [0.25, 0.3) is 11.0 Å². The first kappa shape index (κ1) is 20.9. The first-order chi connectivity index (χ1) is 15.5. The van der Waals surface area contributed by atoms with E-state index in [1.54, 1.807) is 44.6 Å². The molecule has 10 nitrogen and oxygen atoms in total. The minimum Gasteiger partial charge on any atom is -0.493 e. The highest BCUT2D eigenvalue weighted by Gasteiger charge is 2.16. The molecule has 0 radical (unpaired) electrons. The van der Waals surface area contributed by atoms with Crippen LogP contribution in [0.4, 0.5) is 23.0 Å². The zero-order chi connectivity index (χ0) is 22.7. The predicted molar refractivity (Wildman–Crippen MR) is 121 cm³/mol. The summed E-state index contributed by atoms with van der Waals surface area (Å²) in [6, 6.07) is 12.7. The molecule has 0 aliphatic rings. The third-order valence-electron chi connectivity index (χ3n) is 4.81. The number of methoxy groups -OCH3 is 2. The molecule has 3 heterocycles. The molecule has 162 valence electrons. The Bertz CT molecular complexity index is 1380. The molecule has 0 aliphatic heterocycles. The van der Waals surface area contributed by atoms with Crippen molar-refractivity contribution in [3.8, 4) is 11.8 Å². The zero-order valence-electron chi connectivity index (χ0n) is 17.8. The molecule has 0 amide bonds. The van der Waals surface area contributed by atoms with Gasteiger partial charge in [-0.3, -0.25) is 14.6 Å². The lowest BCUT2D eigenvalue weighted by Gasteiger charge is -2.14. The number of H-pyrrole nitrogens is 1. The summed E-state index contributed by atoms with van der Waals surface area (Å²) in [7, 11) is 4.74. The third kappa shape index (κ3) is 3.97. The van der Waals surface area contributed by atoms with Gasteiger partial charge in [-0.2, -0.15) is 5.26 Å². The molecule has 0 aliphatic carbocycles. The van der Waals surface area contributed by atoms with Crippen molar-refractivity contribution in [3.05, 3.63) is 64.1 Å². The summed E-state index contributed by atoms with van der Waals surface area (Å²) in [5.74, 6) is 1.44. The molecule has 32 heavy (non-hydrogen) atoms. The van der Waals surface area contributed by atoms with Crippen LogP contribution in [-0.2, 0) is 18.4 Å². The number of aromatic nitrogens is 4. The maximum absolute atomic E-state index is 12.7. The highest BCUT2D eigenvalue weighted by molar-refractivity contribution is 5.93. The van der Waals surface area contributed by atoms with Gasteiger partial charge in [-0.15, -0.1) is 0 Å².